The van der Waals surface area contributed by atoms with Crippen LogP contribution in [0.25, 0.3) is 0 Å². The van der Waals surface area contributed by atoms with Crippen LogP contribution in [0.2, 0.25) is 0 Å². The fraction of sp³-hybridized carbons (Fsp3) is 0.409. The Morgan fingerprint density at radius 2 is 1.36 bits per heavy atom. The molecule has 25 heavy (non-hydrogen) atoms. The largest absolute Gasteiger partial charge is 0.388 e. The van der Waals surface area contributed by atoms with E-state index in [4.69, 9.17) is 0 Å². The molecule has 3 heteroatoms. The van der Waals surface area contributed by atoms with Gasteiger partial charge in [-0.1, -0.05) is 55.5 Å². The van der Waals surface area contributed by atoms with Crippen molar-refractivity contribution in [1.29, 1.82) is 0 Å². The first-order valence-electron chi connectivity index (χ1n) is 8.99. The van der Waals surface area contributed by atoms with Crippen LogP contribution in [0.15, 0.2) is 54.6 Å². The lowest BCUT2D eigenvalue weighted by Gasteiger charge is -2.32. The topological polar surface area (TPSA) is 40.5 Å². The zero-order valence-corrected chi connectivity index (χ0v) is 15.8. The number of amides is 1. The molecule has 3 nitrogen and oxygen atoms in total. The maximum Gasteiger partial charge on any atom is 0.254 e. The van der Waals surface area contributed by atoms with E-state index in [0.29, 0.717) is 5.56 Å². The molecule has 0 radical (unpaired) electrons. The van der Waals surface area contributed by atoms with E-state index in [-0.39, 0.29) is 23.9 Å². The number of hydrogen-bond acceptors (Lipinski definition) is 2. The minimum atomic E-state index is -0.651. The van der Waals surface area contributed by atoms with Crippen LogP contribution in [0.1, 0.15) is 68.1 Å². The standard InChI is InChI=1S/C22H29NO2/c1-15(2)23(16(3)4)22(25)20-14-10-9-13-19(20)17(5)21(24)18-11-7-6-8-12-18/h6-17,21,24H,1-5H3/t17-,21+/m0/s1. The Balaban J connectivity index is 2.39. The first-order chi connectivity index (χ1) is 11.8. The monoisotopic (exact) mass is 339 g/mol. The number of hydrogen-bond donors (Lipinski definition) is 1. The van der Waals surface area contributed by atoms with Crippen LogP contribution >= 0.6 is 0 Å². The van der Waals surface area contributed by atoms with E-state index in [1.807, 2.05) is 94.1 Å². The van der Waals surface area contributed by atoms with Gasteiger partial charge in [-0.25, -0.2) is 0 Å². The molecule has 0 aliphatic heterocycles. The Morgan fingerprint density at radius 3 is 1.92 bits per heavy atom. The summed E-state index contributed by atoms with van der Waals surface area (Å²) in [5.74, 6) is -0.156. The SMILES string of the molecule is CC(C)N(C(=O)c1ccccc1[C@H](C)[C@@H](O)c1ccccc1)C(C)C. The van der Waals surface area contributed by atoms with Gasteiger partial charge < -0.3 is 10.0 Å². The number of rotatable bonds is 6. The molecule has 2 aromatic carbocycles. The highest BCUT2D eigenvalue weighted by atomic mass is 16.3. The maximum absolute atomic E-state index is 13.2. The number of carbonyl (C=O) groups excluding carboxylic acids is 1. The molecule has 0 bridgehead atoms. The Kier molecular flexibility index (Phi) is 6.38. The second-order valence-electron chi connectivity index (χ2n) is 7.13. The molecule has 0 saturated carbocycles. The summed E-state index contributed by atoms with van der Waals surface area (Å²) in [5.41, 5.74) is 2.42. The third kappa shape index (κ3) is 4.29. The fourth-order valence-electron chi connectivity index (χ4n) is 3.40. The van der Waals surface area contributed by atoms with E-state index in [0.717, 1.165) is 11.1 Å². The second kappa shape index (κ2) is 8.30. The summed E-state index contributed by atoms with van der Waals surface area (Å²) < 4.78 is 0. The van der Waals surface area contributed by atoms with Gasteiger partial charge >= 0.3 is 0 Å². The Bertz CT molecular complexity index is 686. The van der Waals surface area contributed by atoms with E-state index in [2.05, 4.69) is 0 Å². The van der Waals surface area contributed by atoms with Gasteiger partial charge in [0.2, 0.25) is 0 Å². The van der Waals surface area contributed by atoms with Gasteiger partial charge in [0.1, 0.15) is 0 Å². The molecule has 0 saturated heterocycles. The molecule has 1 N–H and O–H groups in total. The van der Waals surface area contributed by atoms with Gasteiger partial charge in [0.25, 0.3) is 5.91 Å². The summed E-state index contributed by atoms with van der Waals surface area (Å²) in [4.78, 5) is 15.0. The number of aliphatic hydroxyl groups is 1. The molecule has 0 spiro atoms. The molecule has 0 unspecified atom stereocenters. The quantitative estimate of drug-likeness (QED) is 0.822. The Morgan fingerprint density at radius 1 is 0.840 bits per heavy atom. The number of carbonyl (C=O) groups is 1. The zero-order valence-electron chi connectivity index (χ0n) is 15.8. The third-order valence-electron chi connectivity index (χ3n) is 4.64. The molecule has 2 rings (SSSR count). The van der Waals surface area contributed by atoms with Gasteiger partial charge in [0, 0.05) is 23.6 Å². The predicted molar refractivity (Wildman–Crippen MR) is 103 cm³/mol. The van der Waals surface area contributed by atoms with Crippen molar-refractivity contribution < 1.29 is 9.90 Å². The van der Waals surface area contributed by atoms with Gasteiger partial charge in [-0.2, -0.15) is 0 Å². The maximum atomic E-state index is 13.2. The van der Waals surface area contributed by atoms with Crippen molar-refractivity contribution in [3.8, 4) is 0 Å². The average Bonchev–Trinajstić information content (AvgIpc) is 2.60. The van der Waals surface area contributed by atoms with E-state index in [1.54, 1.807) is 0 Å². The zero-order chi connectivity index (χ0) is 18.6. The van der Waals surface area contributed by atoms with Crippen molar-refractivity contribution in [3.63, 3.8) is 0 Å². The van der Waals surface area contributed by atoms with Gasteiger partial charge in [-0.15, -0.1) is 0 Å². The molecular formula is C22H29NO2. The van der Waals surface area contributed by atoms with Gasteiger partial charge in [0.15, 0.2) is 0 Å². The van der Waals surface area contributed by atoms with Crippen molar-refractivity contribution in [1.82, 2.24) is 4.90 Å². The molecule has 2 atom stereocenters. The Hall–Kier alpha value is -2.13. The second-order valence-corrected chi connectivity index (χ2v) is 7.13. The van der Waals surface area contributed by atoms with Crippen LogP contribution in [-0.4, -0.2) is 28.0 Å². The lowest BCUT2D eigenvalue weighted by molar-refractivity contribution is 0.0640. The lowest BCUT2D eigenvalue weighted by atomic mass is 9.87. The highest BCUT2D eigenvalue weighted by Crippen LogP contribution is 2.33. The normalized spacial score (nSPS) is 13.8. The van der Waals surface area contributed by atoms with Crippen molar-refractivity contribution in [3.05, 3.63) is 71.3 Å². The van der Waals surface area contributed by atoms with Crippen LogP contribution in [0.5, 0.6) is 0 Å². The number of nitrogens with zero attached hydrogens (tertiary/aromatic N) is 1. The summed E-state index contributed by atoms with van der Waals surface area (Å²) in [6, 6.07) is 17.5. The Labute approximate surface area is 151 Å². The minimum absolute atomic E-state index is 0.0210. The third-order valence-corrected chi connectivity index (χ3v) is 4.64. The highest BCUT2D eigenvalue weighted by molar-refractivity contribution is 5.96. The van der Waals surface area contributed by atoms with E-state index >= 15 is 0 Å². The van der Waals surface area contributed by atoms with Crippen LogP contribution in [-0.2, 0) is 0 Å². The highest BCUT2D eigenvalue weighted by Gasteiger charge is 2.27. The van der Waals surface area contributed by atoms with Crippen molar-refractivity contribution in [2.75, 3.05) is 0 Å². The molecule has 1 amide bonds. The molecule has 0 aliphatic rings. The van der Waals surface area contributed by atoms with Gasteiger partial charge in [0.05, 0.1) is 6.10 Å². The number of aliphatic hydroxyl groups excluding tert-OH is 1. The smallest absolute Gasteiger partial charge is 0.254 e. The van der Waals surface area contributed by atoms with E-state index in [9.17, 15) is 9.90 Å². The first kappa shape index (κ1) is 19.2. The average molecular weight is 339 g/mol. The van der Waals surface area contributed by atoms with Crippen LogP contribution < -0.4 is 0 Å². The molecule has 0 fully saturated rings. The first-order valence-corrected chi connectivity index (χ1v) is 8.99. The van der Waals surface area contributed by atoms with Gasteiger partial charge in [-0.3, -0.25) is 4.79 Å². The number of benzene rings is 2. The van der Waals surface area contributed by atoms with Crippen LogP contribution in [0, 0.1) is 0 Å². The molecule has 0 aliphatic carbocycles. The molecule has 2 aromatic rings. The predicted octanol–water partition coefficient (Wildman–Crippen LogP) is 4.78. The van der Waals surface area contributed by atoms with Crippen LogP contribution in [0.3, 0.4) is 0 Å². The summed E-state index contributed by atoms with van der Waals surface area (Å²) in [5, 5.41) is 10.8. The van der Waals surface area contributed by atoms with E-state index in [1.165, 1.54) is 0 Å². The van der Waals surface area contributed by atoms with Crippen molar-refractivity contribution in [2.24, 2.45) is 0 Å². The fourth-order valence-corrected chi connectivity index (χ4v) is 3.40. The van der Waals surface area contributed by atoms with Crippen molar-refractivity contribution in [2.45, 2.75) is 58.7 Å². The summed E-state index contributed by atoms with van der Waals surface area (Å²) >= 11 is 0. The lowest BCUT2D eigenvalue weighted by Crippen LogP contribution is -2.42. The molecular weight excluding hydrogens is 310 g/mol. The summed E-state index contributed by atoms with van der Waals surface area (Å²) in [6.07, 6.45) is -0.651. The van der Waals surface area contributed by atoms with E-state index < -0.39 is 6.10 Å². The minimum Gasteiger partial charge on any atom is -0.388 e. The van der Waals surface area contributed by atoms with Crippen molar-refractivity contribution >= 4 is 5.91 Å². The van der Waals surface area contributed by atoms with Gasteiger partial charge in [-0.05, 0) is 44.9 Å². The molecule has 0 aromatic heterocycles. The van der Waals surface area contributed by atoms with Crippen LogP contribution in [0.4, 0.5) is 0 Å². The summed E-state index contributed by atoms with van der Waals surface area (Å²) in [6.45, 7) is 10.1. The summed E-state index contributed by atoms with van der Waals surface area (Å²) in [7, 11) is 0. The molecule has 0 heterocycles. The molecule has 134 valence electrons.